The zero-order valence-corrected chi connectivity index (χ0v) is 12.7. The Morgan fingerprint density at radius 3 is 2.95 bits per heavy atom. The van der Waals surface area contributed by atoms with Gasteiger partial charge in [0.1, 0.15) is 0 Å². The smallest absolute Gasteiger partial charge is 0.312 e. The minimum atomic E-state index is -0.376. The van der Waals surface area contributed by atoms with Crippen LogP contribution in [0.5, 0.6) is 0 Å². The molecule has 2 aromatic heterocycles. The maximum atomic E-state index is 12.5. The van der Waals surface area contributed by atoms with Crippen LogP contribution < -0.4 is 11.2 Å². The number of hydrogen-bond acceptors (Lipinski definition) is 4. The van der Waals surface area contributed by atoms with E-state index < -0.39 is 0 Å². The third kappa shape index (κ3) is 1.92. The number of hydrogen-bond donors (Lipinski definition) is 0. The van der Waals surface area contributed by atoms with E-state index in [1.165, 1.54) is 9.13 Å². The fourth-order valence-corrected chi connectivity index (χ4v) is 3.29. The third-order valence-corrected chi connectivity index (χ3v) is 4.41. The number of thioether (sulfide) groups is 1. The molecule has 0 N–H and O–H groups in total. The molecule has 0 aromatic carbocycles. The summed E-state index contributed by atoms with van der Waals surface area (Å²) in [5.41, 5.74) is 0.259. The molecule has 3 rings (SSSR count). The molecule has 2 aromatic rings. The Morgan fingerprint density at radius 1 is 1.50 bits per heavy atom. The summed E-state index contributed by atoms with van der Waals surface area (Å²) in [4.78, 5) is 29.2. The first-order chi connectivity index (χ1) is 9.50. The first-order valence-corrected chi connectivity index (χ1v) is 7.52. The number of rotatable bonds is 2. The third-order valence-electron chi connectivity index (χ3n) is 3.30. The van der Waals surface area contributed by atoms with Gasteiger partial charge in [0.2, 0.25) is 0 Å². The van der Waals surface area contributed by atoms with E-state index in [2.05, 4.69) is 4.98 Å². The summed E-state index contributed by atoms with van der Waals surface area (Å²) in [5, 5.41) is 1.35. The predicted molar refractivity (Wildman–Crippen MR) is 79.6 cm³/mol. The van der Waals surface area contributed by atoms with E-state index in [-0.39, 0.29) is 17.8 Å². The fourth-order valence-electron chi connectivity index (χ4n) is 2.28. The van der Waals surface area contributed by atoms with Gasteiger partial charge in [0, 0.05) is 24.4 Å². The summed E-state index contributed by atoms with van der Waals surface area (Å²) >= 11 is 7.38. The molecule has 0 amide bonds. The summed E-state index contributed by atoms with van der Waals surface area (Å²) in [6.45, 7) is 2.63. The first kappa shape index (κ1) is 13.5. The monoisotopic (exact) mass is 312 g/mol. The molecule has 0 unspecified atom stereocenters. The molecular weight excluding hydrogens is 300 g/mol. The number of allylic oxidation sites excluding steroid dienone is 2. The van der Waals surface area contributed by atoms with Gasteiger partial charge in [0.05, 0.1) is 6.54 Å². The summed E-state index contributed by atoms with van der Waals surface area (Å²) in [7, 11) is 1.63. The quantitative estimate of drug-likeness (QED) is 0.834. The van der Waals surface area contributed by atoms with Gasteiger partial charge in [-0.1, -0.05) is 29.4 Å². The largest absolute Gasteiger partial charge is 0.332 e. The second-order valence-electron chi connectivity index (χ2n) is 4.61. The highest BCUT2D eigenvalue weighted by Gasteiger charge is 2.23. The zero-order chi connectivity index (χ0) is 14.4. The molecule has 106 valence electrons. The van der Waals surface area contributed by atoms with E-state index >= 15 is 0 Å². The van der Waals surface area contributed by atoms with Crippen molar-refractivity contribution in [2.75, 3.05) is 5.75 Å². The van der Waals surface area contributed by atoms with Crippen molar-refractivity contribution < 1.29 is 0 Å². The van der Waals surface area contributed by atoms with Gasteiger partial charge in [-0.05, 0) is 6.92 Å². The minimum absolute atomic E-state index is 0.171. The molecule has 0 atom stereocenters. The normalized spacial score (nSPS) is 15.1. The van der Waals surface area contributed by atoms with E-state index in [4.69, 9.17) is 11.6 Å². The van der Waals surface area contributed by atoms with Gasteiger partial charge in [0.25, 0.3) is 5.56 Å². The molecule has 0 spiro atoms. The Hall–Kier alpha value is -1.47. The minimum Gasteiger partial charge on any atom is -0.312 e. The highest BCUT2D eigenvalue weighted by molar-refractivity contribution is 7.99. The number of nitrogens with zero attached hydrogens (tertiary/aromatic N) is 4. The molecule has 0 radical (unpaired) electrons. The molecule has 3 heterocycles. The van der Waals surface area contributed by atoms with Gasteiger partial charge in [0.15, 0.2) is 16.3 Å². The molecule has 0 fully saturated rings. The first-order valence-electron chi connectivity index (χ1n) is 6.16. The van der Waals surface area contributed by atoms with Crippen molar-refractivity contribution >= 4 is 34.5 Å². The van der Waals surface area contributed by atoms with Crippen LogP contribution in [0.25, 0.3) is 11.2 Å². The topological polar surface area (TPSA) is 61.8 Å². The Labute approximate surface area is 123 Å². The summed E-state index contributed by atoms with van der Waals surface area (Å²) in [6.07, 6.45) is 1.65. The molecule has 8 heteroatoms. The van der Waals surface area contributed by atoms with E-state index in [1.807, 2.05) is 4.57 Å². The van der Waals surface area contributed by atoms with Crippen molar-refractivity contribution in [2.45, 2.75) is 25.2 Å². The van der Waals surface area contributed by atoms with Crippen LogP contribution >= 0.6 is 23.4 Å². The van der Waals surface area contributed by atoms with Crippen molar-refractivity contribution in [3.05, 3.63) is 31.9 Å². The van der Waals surface area contributed by atoms with Crippen molar-refractivity contribution in [1.82, 2.24) is 18.7 Å². The van der Waals surface area contributed by atoms with Crippen LogP contribution in [0.2, 0.25) is 0 Å². The SMILES string of the molecule is CC(Cl)=CCn1c(=O)c2c(nc3n2CCS3)n(C)c1=O. The Bertz CT molecular complexity index is 842. The molecule has 0 bridgehead atoms. The second kappa shape index (κ2) is 4.82. The number of aromatic nitrogens is 4. The number of imidazole rings is 1. The Morgan fingerprint density at radius 2 is 2.25 bits per heavy atom. The van der Waals surface area contributed by atoms with E-state index in [9.17, 15) is 9.59 Å². The van der Waals surface area contributed by atoms with Crippen molar-refractivity contribution in [1.29, 1.82) is 0 Å². The van der Waals surface area contributed by atoms with E-state index in [0.29, 0.717) is 16.2 Å². The van der Waals surface area contributed by atoms with E-state index in [0.717, 1.165) is 17.5 Å². The van der Waals surface area contributed by atoms with Crippen LogP contribution in [0, 0.1) is 0 Å². The lowest BCUT2D eigenvalue weighted by Crippen LogP contribution is -2.39. The zero-order valence-electron chi connectivity index (χ0n) is 11.1. The summed E-state index contributed by atoms with van der Waals surface area (Å²) in [6, 6.07) is 0. The van der Waals surface area contributed by atoms with Gasteiger partial charge in [-0.2, -0.15) is 0 Å². The average molecular weight is 313 g/mol. The van der Waals surface area contributed by atoms with Gasteiger partial charge < -0.3 is 4.57 Å². The lowest BCUT2D eigenvalue weighted by molar-refractivity contribution is 0.660. The Kier molecular flexibility index (Phi) is 3.25. The number of aryl methyl sites for hydroxylation is 2. The van der Waals surface area contributed by atoms with E-state index in [1.54, 1.807) is 31.8 Å². The van der Waals surface area contributed by atoms with Crippen LogP contribution in [0.4, 0.5) is 0 Å². The molecule has 0 saturated heterocycles. The standard InChI is InChI=1S/C12H13ClN4O2S/c1-7(13)3-4-17-10(18)8-9(15(2)12(17)19)14-11-16(8)5-6-20-11/h3H,4-6H2,1-2H3. The lowest BCUT2D eigenvalue weighted by atomic mass is 10.4. The number of fused-ring (bicyclic) bond motifs is 3. The molecule has 6 nitrogen and oxygen atoms in total. The van der Waals surface area contributed by atoms with Gasteiger partial charge >= 0.3 is 5.69 Å². The van der Waals surface area contributed by atoms with Crippen molar-refractivity contribution in [3.63, 3.8) is 0 Å². The number of halogens is 1. The van der Waals surface area contributed by atoms with Crippen LogP contribution in [-0.4, -0.2) is 24.4 Å². The second-order valence-corrected chi connectivity index (χ2v) is 6.27. The summed E-state index contributed by atoms with van der Waals surface area (Å²) in [5.74, 6) is 0.904. The van der Waals surface area contributed by atoms with Gasteiger partial charge in [-0.25, -0.2) is 9.78 Å². The van der Waals surface area contributed by atoms with Gasteiger partial charge in [-0.15, -0.1) is 0 Å². The molecule has 1 aliphatic rings. The maximum Gasteiger partial charge on any atom is 0.332 e. The maximum absolute atomic E-state index is 12.5. The molecule has 0 aliphatic carbocycles. The molecule has 0 saturated carbocycles. The molecular formula is C12H13ClN4O2S. The lowest BCUT2D eigenvalue weighted by Gasteiger charge is -2.07. The fraction of sp³-hybridized carbons (Fsp3) is 0.417. The van der Waals surface area contributed by atoms with Crippen LogP contribution in [0.3, 0.4) is 0 Å². The molecule has 1 aliphatic heterocycles. The highest BCUT2D eigenvalue weighted by Crippen LogP contribution is 2.27. The highest BCUT2D eigenvalue weighted by atomic mass is 35.5. The van der Waals surface area contributed by atoms with Crippen LogP contribution in [-0.2, 0) is 20.1 Å². The summed E-state index contributed by atoms with van der Waals surface area (Å²) < 4.78 is 4.49. The van der Waals surface area contributed by atoms with Crippen LogP contribution in [0.1, 0.15) is 6.92 Å². The molecule has 20 heavy (non-hydrogen) atoms. The average Bonchev–Trinajstić information content (AvgIpc) is 2.95. The van der Waals surface area contributed by atoms with Crippen molar-refractivity contribution in [3.8, 4) is 0 Å². The van der Waals surface area contributed by atoms with Gasteiger partial charge in [-0.3, -0.25) is 13.9 Å². The Balaban J connectivity index is 2.34. The van der Waals surface area contributed by atoms with Crippen molar-refractivity contribution in [2.24, 2.45) is 7.05 Å². The predicted octanol–water partition coefficient (Wildman–Crippen LogP) is 1.14. The van der Waals surface area contributed by atoms with Crippen LogP contribution in [0.15, 0.2) is 25.9 Å².